The van der Waals surface area contributed by atoms with Crippen LogP contribution in [0, 0.1) is 0 Å². The van der Waals surface area contributed by atoms with Gasteiger partial charge < -0.3 is 14.5 Å². The highest BCUT2D eigenvalue weighted by molar-refractivity contribution is 7.94. The van der Waals surface area contributed by atoms with Gasteiger partial charge in [0, 0.05) is 37.6 Å². The summed E-state index contributed by atoms with van der Waals surface area (Å²) < 4.78 is 32.8. The SMILES string of the molecule is COc1ccc(N2CCCN(C(=O)Cc3ccc(NS(=O)(=O)c4cccs4)cc3)CC2)cc1. The summed E-state index contributed by atoms with van der Waals surface area (Å²) in [4.78, 5) is 17.1. The van der Waals surface area contributed by atoms with E-state index in [4.69, 9.17) is 4.74 Å². The fourth-order valence-corrected chi connectivity index (χ4v) is 5.87. The Bertz CT molecular complexity index is 1160. The normalized spacial score (nSPS) is 14.6. The third-order valence-electron chi connectivity index (χ3n) is 5.61. The van der Waals surface area contributed by atoms with E-state index in [1.807, 2.05) is 29.2 Å². The van der Waals surface area contributed by atoms with Crippen LogP contribution in [0.3, 0.4) is 0 Å². The maximum Gasteiger partial charge on any atom is 0.271 e. The zero-order valence-electron chi connectivity index (χ0n) is 18.4. The number of nitrogens with one attached hydrogen (secondary N) is 1. The van der Waals surface area contributed by atoms with Crippen LogP contribution in [0.4, 0.5) is 11.4 Å². The molecule has 2 aromatic carbocycles. The molecule has 174 valence electrons. The Labute approximate surface area is 198 Å². The molecule has 0 bridgehead atoms. The van der Waals surface area contributed by atoms with Crippen LogP contribution in [0.1, 0.15) is 12.0 Å². The standard InChI is InChI=1S/C24H27N3O4S2/c1-31-22-11-9-21(10-12-22)26-13-3-14-27(16-15-26)23(28)18-19-5-7-20(8-6-19)25-33(29,30)24-4-2-17-32-24/h2,4-12,17,25H,3,13-16,18H2,1H3. The molecular weight excluding hydrogens is 458 g/mol. The Kier molecular flexibility index (Phi) is 7.20. The van der Waals surface area contributed by atoms with Gasteiger partial charge in [0.1, 0.15) is 9.96 Å². The van der Waals surface area contributed by atoms with Gasteiger partial charge in [-0.15, -0.1) is 11.3 Å². The maximum absolute atomic E-state index is 12.9. The molecule has 9 heteroatoms. The number of methoxy groups -OCH3 is 1. The third kappa shape index (κ3) is 5.85. The smallest absolute Gasteiger partial charge is 0.271 e. The molecule has 0 saturated carbocycles. The largest absolute Gasteiger partial charge is 0.497 e. The molecule has 0 unspecified atom stereocenters. The number of carbonyl (C=O) groups excluding carboxylic acids is 1. The summed E-state index contributed by atoms with van der Waals surface area (Å²) in [7, 11) is -1.92. The first-order valence-electron chi connectivity index (χ1n) is 10.8. The van der Waals surface area contributed by atoms with Crippen molar-refractivity contribution in [2.45, 2.75) is 17.1 Å². The van der Waals surface area contributed by atoms with Gasteiger partial charge in [0.25, 0.3) is 10.0 Å². The number of hydrogen-bond donors (Lipinski definition) is 1. The van der Waals surface area contributed by atoms with Crippen molar-refractivity contribution in [1.29, 1.82) is 0 Å². The second-order valence-electron chi connectivity index (χ2n) is 7.83. The predicted octanol–water partition coefficient (Wildman–Crippen LogP) is 3.84. The van der Waals surface area contributed by atoms with E-state index in [9.17, 15) is 13.2 Å². The van der Waals surface area contributed by atoms with Crippen molar-refractivity contribution in [1.82, 2.24) is 4.90 Å². The van der Waals surface area contributed by atoms with Crippen LogP contribution >= 0.6 is 11.3 Å². The van der Waals surface area contributed by atoms with Crippen LogP contribution in [0.15, 0.2) is 70.3 Å². The van der Waals surface area contributed by atoms with Crippen molar-refractivity contribution < 1.29 is 17.9 Å². The number of anilines is 2. The molecule has 0 spiro atoms. The van der Waals surface area contributed by atoms with E-state index >= 15 is 0 Å². The fraction of sp³-hybridized carbons (Fsp3) is 0.292. The zero-order chi connectivity index (χ0) is 23.3. The third-order valence-corrected chi connectivity index (χ3v) is 8.39. The van der Waals surface area contributed by atoms with Gasteiger partial charge in [0.2, 0.25) is 5.91 Å². The minimum absolute atomic E-state index is 0.0819. The number of sulfonamides is 1. The molecule has 0 atom stereocenters. The van der Waals surface area contributed by atoms with Gasteiger partial charge in [-0.2, -0.15) is 0 Å². The molecule has 1 amide bonds. The number of rotatable bonds is 7. The van der Waals surface area contributed by atoms with Crippen molar-refractivity contribution >= 4 is 38.6 Å². The second kappa shape index (κ2) is 10.3. The molecule has 2 heterocycles. The average Bonchev–Trinajstić information content (AvgIpc) is 3.26. The number of thiophene rings is 1. The minimum atomic E-state index is -3.58. The van der Waals surface area contributed by atoms with Crippen molar-refractivity contribution in [2.75, 3.05) is 42.9 Å². The average molecular weight is 486 g/mol. The van der Waals surface area contributed by atoms with Crippen LogP contribution in [0.2, 0.25) is 0 Å². The van der Waals surface area contributed by atoms with Crippen LogP contribution in [-0.4, -0.2) is 52.5 Å². The molecule has 7 nitrogen and oxygen atoms in total. The summed E-state index contributed by atoms with van der Waals surface area (Å²) >= 11 is 1.17. The van der Waals surface area contributed by atoms with Crippen LogP contribution in [-0.2, 0) is 21.2 Å². The Morgan fingerprint density at radius 1 is 1.00 bits per heavy atom. The number of benzene rings is 2. The summed E-state index contributed by atoms with van der Waals surface area (Å²) in [5.41, 5.74) is 2.46. The first-order chi connectivity index (χ1) is 15.9. The molecule has 0 radical (unpaired) electrons. The second-order valence-corrected chi connectivity index (χ2v) is 10.7. The molecule has 0 aliphatic carbocycles. The quantitative estimate of drug-likeness (QED) is 0.550. The fourth-order valence-electron chi connectivity index (χ4n) is 3.82. The van der Waals surface area contributed by atoms with Crippen LogP contribution in [0.25, 0.3) is 0 Å². The number of nitrogens with zero attached hydrogens (tertiary/aromatic N) is 2. The molecule has 1 aromatic heterocycles. The van der Waals surface area contributed by atoms with E-state index in [1.165, 1.54) is 11.3 Å². The van der Waals surface area contributed by atoms with Crippen LogP contribution in [0.5, 0.6) is 5.75 Å². The van der Waals surface area contributed by atoms with E-state index in [2.05, 4.69) is 9.62 Å². The molecule has 1 fully saturated rings. The number of hydrogen-bond acceptors (Lipinski definition) is 6. The van der Waals surface area contributed by atoms with Gasteiger partial charge in [-0.05, 0) is 59.8 Å². The van der Waals surface area contributed by atoms with Gasteiger partial charge in [-0.25, -0.2) is 8.42 Å². The molecule has 1 aliphatic rings. The lowest BCUT2D eigenvalue weighted by Gasteiger charge is -2.24. The van der Waals surface area contributed by atoms with E-state index in [1.54, 1.807) is 48.9 Å². The number of ether oxygens (including phenoxy) is 1. The highest BCUT2D eigenvalue weighted by atomic mass is 32.2. The Balaban J connectivity index is 1.32. The number of carbonyl (C=O) groups is 1. The molecular formula is C24H27N3O4S2. The Morgan fingerprint density at radius 2 is 1.76 bits per heavy atom. The molecule has 1 N–H and O–H groups in total. The highest BCUT2D eigenvalue weighted by Gasteiger charge is 2.20. The van der Waals surface area contributed by atoms with Gasteiger partial charge in [0.15, 0.2) is 0 Å². The van der Waals surface area contributed by atoms with E-state index in [0.717, 1.165) is 43.1 Å². The van der Waals surface area contributed by atoms with Crippen molar-refractivity contribution in [3.05, 3.63) is 71.6 Å². The summed E-state index contributed by atoms with van der Waals surface area (Å²) in [6.07, 6.45) is 1.20. The first kappa shape index (κ1) is 23.1. The highest BCUT2D eigenvalue weighted by Crippen LogP contribution is 2.22. The first-order valence-corrected chi connectivity index (χ1v) is 13.1. The Hall–Kier alpha value is -3.04. The summed E-state index contributed by atoms with van der Waals surface area (Å²) in [6, 6.07) is 18.3. The van der Waals surface area contributed by atoms with Gasteiger partial charge in [-0.3, -0.25) is 9.52 Å². The lowest BCUT2D eigenvalue weighted by atomic mass is 10.1. The summed E-state index contributed by atoms with van der Waals surface area (Å²) in [6.45, 7) is 3.07. The molecule has 1 aliphatic heterocycles. The molecule has 1 saturated heterocycles. The van der Waals surface area contributed by atoms with E-state index in [-0.39, 0.29) is 10.1 Å². The minimum Gasteiger partial charge on any atom is -0.497 e. The monoisotopic (exact) mass is 485 g/mol. The number of amides is 1. The topological polar surface area (TPSA) is 79.0 Å². The van der Waals surface area contributed by atoms with Crippen molar-refractivity contribution in [2.24, 2.45) is 0 Å². The van der Waals surface area contributed by atoms with Crippen molar-refractivity contribution in [3.8, 4) is 5.75 Å². The Morgan fingerprint density at radius 3 is 2.42 bits per heavy atom. The van der Waals surface area contributed by atoms with E-state index < -0.39 is 10.0 Å². The van der Waals surface area contributed by atoms with Crippen molar-refractivity contribution in [3.63, 3.8) is 0 Å². The molecule has 3 aromatic rings. The lowest BCUT2D eigenvalue weighted by Crippen LogP contribution is -2.36. The predicted molar refractivity (Wildman–Crippen MR) is 132 cm³/mol. The molecule has 33 heavy (non-hydrogen) atoms. The molecule has 4 rings (SSSR count). The van der Waals surface area contributed by atoms with Gasteiger partial charge >= 0.3 is 0 Å². The lowest BCUT2D eigenvalue weighted by molar-refractivity contribution is -0.130. The summed E-state index contributed by atoms with van der Waals surface area (Å²) in [5.74, 6) is 0.911. The maximum atomic E-state index is 12.9. The summed E-state index contributed by atoms with van der Waals surface area (Å²) in [5, 5.41) is 1.72. The zero-order valence-corrected chi connectivity index (χ0v) is 20.1. The van der Waals surface area contributed by atoms with E-state index in [0.29, 0.717) is 18.7 Å². The van der Waals surface area contributed by atoms with Gasteiger partial charge in [0.05, 0.1) is 13.5 Å². The van der Waals surface area contributed by atoms with Crippen LogP contribution < -0.4 is 14.4 Å². The van der Waals surface area contributed by atoms with Gasteiger partial charge in [-0.1, -0.05) is 18.2 Å².